The van der Waals surface area contributed by atoms with Crippen molar-refractivity contribution in [1.82, 2.24) is 10.2 Å². The van der Waals surface area contributed by atoms with Gasteiger partial charge in [0.15, 0.2) is 12.2 Å². The lowest BCUT2D eigenvalue weighted by Crippen LogP contribution is -2.51. The third-order valence-corrected chi connectivity index (χ3v) is 5.88. The van der Waals surface area contributed by atoms with Crippen molar-refractivity contribution in [3.8, 4) is 11.1 Å². The quantitative estimate of drug-likeness (QED) is 0.490. The topological polar surface area (TPSA) is 133 Å². The van der Waals surface area contributed by atoms with Crippen LogP contribution in [0, 0.1) is 0 Å². The molecule has 2 aromatic carbocycles. The van der Waals surface area contributed by atoms with Crippen LogP contribution in [-0.4, -0.2) is 57.6 Å². The number of nitrogens with one attached hydrogen (secondary N) is 1. The second kappa shape index (κ2) is 10.4. The van der Waals surface area contributed by atoms with Gasteiger partial charge >= 0.3 is 0 Å². The van der Waals surface area contributed by atoms with Gasteiger partial charge in [-0.25, -0.2) is 0 Å². The molecule has 8 nitrogen and oxygen atoms in total. The third-order valence-electron chi connectivity index (χ3n) is 5.88. The first-order valence-electron chi connectivity index (χ1n) is 10.8. The van der Waals surface area contributed by atoms with E-state index in [9.17, 15) is 24.6 Å². The number of primary amides is 1. The van der Waals surface area contributed by atoms with Crippen LogP contribution in [0.1, 0.15) is 42.1 Å². The zero-order chi connectivity index (χ0) is 23.3. The summed E-state index contributed by atoms with van der Waals surface area (Å²) in [5.41, 5.74) is 8.10. The number of hydrogen-bond donors (Lipinski definition) is 4. The van der Waals surface area contributed by atoms with Crippen LogP contribution in [0.2, 0.25) is 0 Å². The molecule has 0 unspecified atom stereocenters. The maximum Gasteiger partial charge on any atom is 0.254 e. The molecule has 0 saturated carbocycles. The van der Waals surface area contributed by atoms with E-state index >= 15 is 0 Å². The van der Waals surface area contributed by atoms with Gasteiger partial charge in [-0.05, 0) is 42.0 Å². The van der Waals surface area contributed by atoms with Crippen LogP contribution in [0.5, 0.6) is 0 Å². The Bertz CT molecular complexity index is 976. The van der Waals surface area contributed by atoms with Gasteiger partial charge in [0, 0.05) is 24.7 Å². The molecule has 1 aliphatic heterocycles. The van der Waals surface area contributed by atoms with Gasteiger partial charge in [0.05, 0.1) is 0 Å². The van der Waals surface area contributed by atoms with Crippen molar-refractivity contribution in [2.24, 2.45) is 5.73 Å². The average molecular weight is 440 g/mol. The summed E-state index contributed by atoms with van der Waals surface area (Å²) < 4.78 is 0. The number of amides is 3. The lowest BCUT2D eigenvalue weighted by Gasteiger charge is -2.27. The first-order valence-corrected chi connectivity index (χ1v) is 10.8. The summed E-state index contributed by atoms with van der Waals surface area (Å²) in [6.45, 7) is 2.59. The monoisotopic (exact) mass is 439 g/mol. The van der Waals surface area contributed by atoms with Crippen molar-refractivity contribution in [2.45, 2.75) is 51.0 Å². The van der Waals surface area contributed by atoms with Crippen LogP contribution < -0.4 is 11.1 Å². The number of carbonyl (C=O) groups excluding carboxylic acids is 3. The Morgan fingerprint density at radius 2 is 1.78 bits per heavy atom. The Balaban J connectivity index is 1.59. The number of hydrogen-bond acceptors (Lipinski definition) is 5. The molecule has 1 heterocycles. The summed E-state index contributed by atoms with van der Waals surface area (Å²) in [6.07, 6.45) is -1.17. The van der Waals surface area contributed by atoms with Crippen LogP contribution in [0.3, 0.4) is 0 Å². The first kappa shape index (κ1) is 23.4. The number of aliphatic hydroxyl groups is 2. The molecule has 1 saturated heterocycles. The molecule has 32 heavy (non-hydrogen) atoms. The molecule has 3 rings (SSSR count). The van der Waals surface area contributed by atoms with Crippen molar-refractivity contribution >= 4 is 17.7 Å². The van der Waals surface area contributed by atoms with Crippen molar-refractivity contribution in [3.05, 3.63) is 59.7 Å². The molecule has 0 aromatic heterocycles. The van der Waals surface area contributed by atoms with E-state index in [1.807, 2.05) is 13.0 Å². The van der Waals surface area contributed by atoms with Gasteiger partial charge < -0.3 is 26.2 Å². The predicted octanol–water partition coefficient (Wildman–Crippen LogP) is 1.19. The van der Waals surface area contributed by atoms with Crippen molar-refractivity contribution in [3.63, 3.8) is 0 Å². The van der Waals surface area contributed by atoms with E-state index in [4.69, 9.17) is 5.73 Å². The van der Waals surface area contributed by atoms with E-state index < -0.39 is 29.9 Å². The van der Waals surface area contributed by atoms with Gasteiger partial charge in [0.1, 0.15) is 0 Å². The number of carbonyl (C=O) groups is 3. The highest BCUT2D eigenvalue weighted by atomic mass is 16.3. The summed E-state index contributed by atoms with van der Waals surface area (Å²) in [6, 6.07) is 14.2. The lowest BCUT2D eigenvalue weighted by molar-refractivity contribution is -0.153. The van der Waals surface area contributed by atoms with Gasteiger partial charge in [-0.3, -0.25) is 14.4 Å². The molecule has 0 aliphatic carbocycles. The van der Waals surface area contributed by atoms with E-state index in [0.29, 0.717) is 17.7 Å². The molecular weight excluding hydrogens is 410 g/mol. The van der Waals surface area contributed by atoms with Gasteiger partial charge in [-0.1, -0.05) is 49.4 Å². The number of likely N-dealkylation sites (tertiary alicyclic amines) is 1. The maximum atomic E-state index is 12.5. The Hall–Kier alpha value is -3.23. The highest BCUT2D eigenvalue weighted by molar-refractivity contribution is 5.99. The highest BCUT2D eigenvalue weighted by Gasteiger charge is 2.37. The molecule has 0 bridgehead atoms. The standard InChI is InChI=1S/C24H29N3O5/c1-2-17-6-5-13-27(17)24(32)21(29)20(28)23(31)26-14-15-9-11-16(12-10-15)18-7-3-4-8-19(18)22(25)30/h3-4,7-12,17,20-21,28-29H,2,5-6,13-14H2,1H3,(H2,25,30)(H,26,31)/t17-,20+,21+/m0/s1. The smallest absolute Gasteiger partial charge is 0.254 e. The van der Waals surface area contributed by atoms with E-state index in [-0.39, 0.29) is 12.6 Å². The summed E-state index contributed by atoms with van der Waals surface area (Å²) >= 11 is 0. The Labute approximate surface area is 187 Å². The molecule has 1 fully saturated rings. The molecule has 0 radical (unpaired) electrons. The normalized spacial score (nSPS) is 17.6. The van der Waals surface area contributed by atoms with Crippen LogP contribution in [-0.2, 0) is 16.1 Å². The summed E-state index contributed by atoms with van der Waals surface area (Å²) in [4.78, 5) is 38.0. The van der Waals surface area contributed by atoms with Crippen molar-refractivity contribution in [1.29, 1.82) is 0 Å². The minimum atomic E-state index is -1.85. The third kappa shape index (κ3) is 5.15. The fourth-order valence-electron chi connectivity index (χ4n) is 4.04. The summed E-state index contributed by atoms with van der Waals surface area (Å²) in [5, 5.41) is 22.9. The van der Waals surface area contributed by atoms with Gasteiger partial charge in [-0.2, -0.15) is 0 Å². The molecule has 2 aromatic rings. The summed E-state index contributed by atoms with van der Waals surface area (Å²) in [7, 11) is 0. The Kier molecular flexibility index (Phi) is 7.61. The first-order chi connectivity index (χ1) is 15.3. The Morgan fingerprint density at radius 1 is 1.09 bits per heavy atom. The van der Waals surface area contributed by atoms with Crippen LogP contribution >= 0.6 is 0 Å². The van der Waals surface area contributed by atoms with Crippen molar-refractivity contribution < 1.29 is 24.6 Å². The Morgan fingerprint density at radius 3 is 2.44 bits per heavy atom. The molecule has 0 spiro atoms. The molecule has 1 aliphatic rings. The fourth-order valence-corrected chi connectivity index (χ4v) is 4.04. The number of aliphatic hydroxyl groups excluding tert-OH is 2. The number of nitrogens with zero attached hydrogens (tertiary/aromatic N) is 1. The van der Waals surface area contributed by atoms with E-state index in [1.54, 1.807) is 47.4 Å². The minimum absolute atomic E-state index is 0.0330. The van der Waals surface area contributed by atoms with E-state index in [0.717, 1.165) is 30.4 Å². The molecule has 3 atom stereocenters. The van der Waals surface area contributed by atoms with Gasteiger partial charge in [0.2, 0.25) is 5.91 Å². The number of nitrogens with two attached hydrogens (primary N) is 1. The molecule has 8 heteroatoms. The molecule has 3 amide bonds. The SMILES string of the molecule is CC[C@H]1CCCN1C(=O)[C@H](O)[C@@H](O)C(=O)NCc1ccc(-c2ccccc2C(N)=O)cc1. The number of rotatable bonds is 8. The minimum Gasteiger partial charge on any atom is -0.380 e. The highest BCUT2D eigenvalue weighted by Crippen LogP contribution is 2.24. The second-order valence-electron chi connectivity index (χ2n) is 7.95. The van der Waals surface area contributed by atoms with Crippen LogP contribution in [0.4, 0.5) is 0 Å². The van der Waals surface area contributed by atoms with Crippen LogP contribution in [0.25, 0.3) is 11.1 Å². The second-order valence-corrected chi connectivity index (χ2v) is 7.95. The zero-order valence-corrected chi connectivity index (χ0v) is 18.0. The molecule has 5 N–H and O–H groups in total. The predicted molar refractivity (Wildman–Crippen MR) is 119 cm³/mol. The van der Waals surface area contributed by atoms with Gasteiger partial charge in [-0.15, -0.1) is 0 Å². The zero-order valence-electron chi connectivity index (χ0n) is 18.0. The van der Waals surface area contributed by atoms with Crippen molar-refractivity contribution in [2.75, 3.05) is 6.54 Å². The molecular formula is C24H29N3O5. The molecule has 170 valence electrons. The fraction of sp³-hybridized carbons (Fsp3) is 0.375. The van der Waals surface area contributed by atoms with Gasteiger partial charge in [0.25, 0.3) is 11.8 Å². The number of benzene rings is 2. The van der Waals surface area contributed by atoms with E-state index in [2.05, 4.69) is 5.32 Å². The summed E-state index contributed by atoms with van der Waals surface area (Å²) in [5.74, 6) is -1.95. The van der Waals surface area contributed by atoms with Crippen LogP contribution in [0.15, 0.2) is 48.5 Å². The largest absolute Gasteiger partial charge is 0.380 e. The maximum absolute atomic E-state index is 12.5. The lowest BCUT2D eigenvalue weighted by atomic mass is 9.98. The van der Waals surface area contributed by atoms with E-state index in [1.165, 1.54) is 0 Å². The average Bonchev–Trinajstić information content (AvgIpc) is 3.30.